The highest BCUT2D eigenvalue weighted by Gasteiger charge is 2.45. The maximum Gasteiger partial charge on any atom is 0.227 e. The molecule has 2 heterocycles. The van der Waals surface area contributed by atoms with E-state index in [0.29, 0.717) is 6.42 Å². The molecule has 3 atom stereocenters. The fourth-order valence-corrected chi connectivity index (χ4v) is 5.51. The highest BCUT2D eigenvalue weighted by Crippen LogP contribution is 2.47. The van der Waals surface area contributed by atoms with E-state index in [-0.39, 0.29) is 30.5 Å². The lowest BCUT2D eigenvalue weighted by Crippen LogP contribution is -2.43. The second-order valence-electron chi connectivity index (χ2n) is 8.86. The molecule has 4 heteroatoms. The topological polar surface area (TPSA) is 52.6 Å². The molecule has 1 saturated heterocycles. The molecule has 5 rings (SSSR count). The van der Waals surface area contributed by atoms with Crippen LogP contribution in [-0.4, -0.2) is 35.1 Å². The predicted molar refractivity (Wildman–Crippen MR) is 120 cm³/mol. The number of aliphatic hydroxyl groups excluding tert-OH is 1. The van der Waals surface area contributed by atoms with Crippen molar-refractivity contribution in [2.24, 2.45) is 5.92 Å². The Labute approximate surface area is 178 Å². The van der Waals surface area contributed by atoms with Crippen molar-refractivity contribution in [2.75, 3.05) is 18.5 Å². The number of anilines is 1. The van der Waals surface area contributed by atoms with Crippen molar-refractivity contribution in [3.05, 3.63) is 71.3 Å². The van der Waals surface area contributed by atoms with Gasteiger partial charge in [-0.3, -0.25) is 4.79 Å². The number of amides is 1. The summed E-state index contributed by atoms with van der Waals surface area (Å²) < 4.78 is 0. The first kappa shape index (κ1) is 19.4. The molecule has 0 aromatic heterocycles. The normalized spacial score (nSPS) is 25.2. The van der Waals surface area contributed by atoms with Crippen LogP contribution in [0.1, 0.15) is 54.8 Å². The molecule has 156 valence electrons. The molecule has 2 N–H and O–H groups in total. The van der Waals surface area contributed by atoms with Crippen LogP contribution in [-0.2, 0) is 11.2 Å². The van der Waals surface area contributed by atoms with E-state index in [1.54, 1.807) is 0 Å². The highest BCUT2D eigenvalue weighted by molar-refractivity contribution is 5.81. The second-order valence-corrected chi connectivity index (χ2v) is 8.86. The van der Waals surface area contributed by atoms with E-state index in [4.69, 9.17) is 0 Å². The number of likely N-dealkylation sites (tertiary alicyclic amines) is 1. The summed E-state index contributed by atoms with van der Waals surface area (Å²) in [6.45, 7) is 0.847. The Hall–Kier alpha value is -2.59. The number of rotatable bonds is 4. The van der Waals surface area contributed by atoms with Crippen molar-refractivity contribution in [2.45, 2.75) is 50.6 Å². The first-order valence-electron chi connectivity index (χ1n) is 11.3. The van der Waals surface area contributed by atoms with E-state index in [0.717, 1.165) is 37.1 Å². The van der Waals surface area contributed by atoms with E-state index >= 15 is 0 Å². The van der Waals surface area contributed by atoms with Gasteiger partial charge in [0.05, 0.1) is 25.1 Å². The number of carbonyl (C=O) groups is 1. The maximum atomic E-state index is 13.3. The smallest absolute Gasteiger partial charge is 0.227 e. The van der Waals surface area contributed by atoms with Crippen molar-refractivity contribution in [3.8, 4) is 0 Å². The number of hydrogen-bond acceptors (Lipinski definition) is 3. The van der Waals surface area contributed by atoms with Gasteiger partial charge in [0.1, 0.15) is 0 Å². The summed E-state index contributed by atoms with van der Waals surface area (Å²) in [7, 11) is 0. The van der Waals surface area contributed by atoms with Gasteiger partial charge < -0.3 is 15.3 Å². The van der Waals surface area contributed by atoms with Gasteiger partial charge in [0.15, 0.2) is 0 Å². The van der Waals surface area contributed by atoms with Gasteiger partial charge in [0.2, 0.25) is 5.91 Å². The molecule has 1 fully saturated rings. The third kappa shape index (κ3) is 3.54. The van der Waals surface area contributed by atoms with Crippen molar-refractivity contribution < 1.29 is 9.90 Å². The minimum atomic E-state index is -0.00299. The minimum Gasteiger partial charge on any atom is -0.394 e. The molecular formula is C26H30N2O2. The van der Waals surface area contributed by atoms with Crippen LogP contribution in [0.5, 0.6) is 0 Å². The van der Waals surface area contributed by atoms with Gasteiger partial charge in [-0.25, -0.2) is 0 Å². The second kappa shape index (κ2) is 8.27. The zero-order valence-corrected chi connectivity index (χ0v) is 17.4. The quantitative estimate of drug-likeness (QED) is 0.788. The van der Waals surface area contributed by atoms with E-state index in [9.17, 15) is 9.90 Å². The molecule has 1 amide bonds. The summed E-state index contributed by atoms with van der Waals surface area (Å²) >= 11 is 0. The number of hydrogen-bond donors (Lipinski definition) is 2. The third-order valence-electron chi connectivity index (χ3n) is 7.05. The Morgan fingerprint density at radius 1 is 1.13 bits per heavy atom. The highest BCUT2D eigenvalue weighted by atomic mass is 16.3. The molecule has 2 aromatic rings. The molecule has 0 bridgehead atoms. The third-order valence-corrected chi connectivity index (χ3v) is 7.05. The Bertz CT molecular complexity index is 953. The summed E-state index contributed by atoms with van der Waals surface area (Å²) in [6.07, 6.45) is 8.56. The predicted octanol–water partition coefficient (Wildman–Crippen LogP) is 4.56. The van der Waals surface area contributed by atoms with E-state index in [1.165, 1.54) is 29.5 Å². The van der Waals surface area contributed by atoms with E-state index < -0.39 is 0 Å². The Morgan fingerprint density at radius 2 is 2.00 bits per heavy atom. The number of aliphatic hydroxyl groups is 1. The molecule has 0 unspecified atom stereocenters. The van der Waals surface area contributed by atoms with Crippen molar-refractivity contribution in [3.63, 3.8) is 0 Å². The maximum absolute atomic E-state index is 13.3. The molecular weight excluding hydrogens is 372 g/mol. The summed E-state index contributed by atoms with van der Waals surface area (Å²) in [5, 5.41) is 13.6. The lowest BCUT2D eigenvalue weighted by atomic mass is 9.81. The summed E-state index contributed by atoms with van der Waals surface area (Å²) in [5.41, 5.74) is 6.06. The summed E-state index contributed by atoms with van der Waals surface area (Å²) in [4.78, 5) is 15.4. The van der Waals surface area contributed by atoms with Crippen molar-refractivity contribution in [1.82, 2.24) is 4.90 Å². The van der Waals surface area contributed by atoms with Crippen LogP contribution in [0, 0.1) is 5.92 Å². The molecule has 30 heavy (non-hydrogen) atoms. The molecule has 2 aromatic carbocycles. The van der Waals surface area contributed by atoms with Gasteiger partial charge in [-0.1, -0.05) is 42.5 Å². The fraction of sp³-hybridized carbons (Fsp3) is 0.423. The number of allylic oxidation sites excluding steroid dienone is 2. The van der Waals surface area contributed by atoms with Gasteiger partial charge in [-0.05, 0) is 66.5 Å². The summed E-state index contributed by atoms with van der Waals surface area (Å²) in [6, 6.07) is 16.7. The zero-order valence-electron chi connectivity index (χ0n) is 17.4. The number of benzene rings is 2. The van der Waals surface area contributed by atoms with Crippen LogP contribution in [0.3, 0.4) is 0 Å². The Morgan fingerprint density at radius 3 is 2.77 bits per heavy atom. The number of fused-ring (bicyclic) bond motifs is 3. The average molecular weight is 403 g/mol. The molecule has 0 saturated carbocycles. The van der Waals surface area contributed by atoms with Gasteiger partial charge in [0.25, 0.3) is 0 Å². The van der Waals surface area contributed by atoms with E-state index in [2.05, 4.69) is 34.5 Å². The van der Waals surface area contributed by atoms with E-state index in [1.807, 2.05) is 30.3 Å². The average Bonchev–Trinajstić information content (AvgIpc) is 3.25. The minimum absolute atomic E-state index is 0.00299. The molecule has 3 aliphatic rings. The number of nitrogens with zero attached hydrogens (tertiary/aromatic N) is 1. The molecule has 1 aliphatic carbocycles. The number of nitrogens with one attached hydrogen (secondary N) is 1. The van der Waals surface area contributed by atoms with Gasteiger partial charge in [-0.15, -0.1) is 0 Å². The molecule has 0 spiro atoms. The standard InChI is InChI=1S/C26H30N2O2/c29-17-24-21-13-14-28(25(30)15-18-7-3-1-4-8-18)26(21)22-16-20(11-12-23(22)27-24)19-9-5-2-6-10-19/h1,3-4,7-9,11-12,16,21,24,26-27,29H,2,5-6,10,13-15,17H2/t21-,24-,26-/m0/s1. The van der Waals surface area contributed by atoms with Crippen LogP contribution in [0.4, 0.5) is 5.69 Å². The lowest BCUT2D eigenvalue weighted by Gasteiger charge is -2.39. The Kier molecular flexibility index (Phi) is 5.34. The number of carbonyl (C=O) groups excluding carboxylic acids is 1. The fourth-order valence-electron chi connectivity index (χ4n) is 5.51. The van der Waals surface area contributed by atoms with Crippen molar-refractivity contribution >= 4 is 17.2 Å². The first-order chi connectivity index (χ1) is 14.7. The molecule has 4 nitrogen and oxygen atoms in total. The van der Waals surface area contributed by atoms with Crippen LogP contribution in [0.15, 0.2) is 54.6 Å². The lowest BCUT2D eigenvalue weighted by molar-refractivity contribution is -0.131. The van der Waals surface area contributed by atoms with Crippen LogP contribution in [0.2, 0.25) is 0 Å². The molecule has 2 aliphatic heterocycles. The monoisotopic (exact) mass is 402 g/mol. The first-order valence-corrected chi connectivity index (χ1v) is 11.3. The van der Waals surface area contributed by atoms with Crippen molar-refractivity contribution in [1.29, 1.82) is 0 Å². The Balaban J connectivity index is 1.48. The van der Waals surface area contributed by atoms with Crippen LogP contribution < -0.4 is 5.32 Å². The largest absolute Gasteiger partial charge is 0.394 e. The van der Waals surface area contributed by atoms with Gasteiger partial charge >= 0.3 is 0 Å². The van der Waals surface area contributed by atoms with Gasteiger partial charge in [-0.2, -0.15) is 0 Å². The van der Waals surface area contributed by atoms with Gasteiger partial charge in [0, 0.05) is 18.2 Å². The van der Waals surface area contributed by atoms with Crippen LogP contribution in [0.25, 0.3) is 5.57 Å². The van der Waals surface area contributed by atoms with Crippen LogP contribution >= 0.6 is 0 Å². The molecule has 0 radical (unpaired) electrons. The SMILES string of the molecule is O=C(Cc1ccccc1)N1CC[C@H]2[C@H](CO)Nc3ccc(C4=CCCCC4)cc3[C@H]21. The summed E-state index contributed by atoms with van der Waals surface area (Å²) in [5.74, 6) is 0.429. The zero-order chi connectivity index (χ0) is 20.5.